The molecular formula is C15H32N4O7. The molecule has 0 aromatic rings. The molecule has 26 heavy (non-hydrogen) atoms. The molecule has 1 aliphatic rings. The fourth-order valence-corrected chi connectivity index (χ4v) is 1.73. The first kappa shape index (κ1) is 26.4. The van der Waals surface area contributed by atoms with E-state index < -0.39 is 36.1 Å². The molecular weight excluding hydrogens is 348 g/mol. The standard InChI is InChI=1S/C6H14N2O2.C5H9NO2.C4H9NO3/c7-4-2-1-3-5(8)6(9)10;7-5(8)4-2-1-3-6-4;1-2(6)3(5)4(7)8/h5H,1-4,7-8H2,(H,9,10);4,6H,1-3H2,(H,7,8);2-3,6H,5H2,1H3,(H,7,8)/t5-;4-;2-,3+/m001/s1. The summed E-state index contributed by atoms with van der Waals surface area (Å²) in [5, 5.41) is 36.1. The number of unbranched alkanes of at least 4 members (excludes halogenated alkanes) is 1. The molecule has 4 atom stereocenters. The van der Waals surface area contributed by atoms with Gasteiger partial charge in [0.15, 0.2) is 0 Å². The van der Waals surface area contributed by atoms with E-state index in [-0.39, 0.29) is 6.04 Å². The predicted molar refractivity (Wildman–Crippen MR) is 94.5 cm³/mol. The van der Waals surface area contributed by atoms with E-state index in [1.807, 2.05) is 0 Å². The number of hydrogen-bond acceptors (Lipinski definition) is 8. The largest absolute Gasteiger partial charge is 0.480 e. The van der Waals surface area contributed by atoms with Gasteiger partial charge in [0.05, 0.1) is 6.10 Å². The highest BCUT2D eigenvalue weighted by molar-refractivity contribution is 5.74. The molecule has 0 bridgehead atoms. The maximum atomic E-state index is 10.1. The maximum absolute atomic E-state index is 10.1. The minimum Gasteiger partial charge on any atom is -0.480 e. The van der Waals surface area contributed by atoms with Crippen molar-refractivity contribution in [3.05, 3.63) is 0 Å². The Balaban J connectivity index is 0. The summed E-state index contributed by atoms with van der Waals surface area (Å²) in [6, 6.07) is -2.14. The summed E-state index contributed by atoms with van der Waals surface area (Å²) in [5.74, 6) is -2.83. The van der Waals surface area contributed by atoms with Crippen LogP contribution in [-0.2, 0) is 14.4 Å². The summed E-state index contributed by atoms with van der Waals surface area (Å²) in [6.45, 7) is 2.79. The molecule has 0 saturated carbocycles. The van der Waals surface area contributed by atoms with Crippen LogP contribution in [0.25, 0.3) is 0 Å². The third-order valence-corrected chi connectivity index (χ3v) is 3.45. The number of nitrogens with two attached hydrogens (primary N) is 3. The van der Waals surface area contributed by atoms with E-state index in [0.29, 0.717) is 13.0 Å². The zero-order valence-corrected chi connectivity index (χ0v) is 15.0. The number of carbonyl (C=O) groups is 3. The highest BCUT2D eigenvalue weighted by atomic mass is 16.4. The number of carboxylic acids is 3. The van der Waals surface area contributed by atoms with Gasteiger partial charge in [0, 0.05) is 0 Å². The zero-order valence-electron chi connectivity index (χ0n) is 15.0. The van der Waals surface area contributed by atoms with Crippen molar-refractivity contribution in [2.45, 2.75) is 63.3 Å². The molecule has 1 heterocycles. The van der Waals surface area contributed by atoms with E-state index in [1.54, 1.807) is 0 Å². The molecule has 0 aromatic carbocycles. The first-order valence-corrected chi connectivity index (χ1v) is 8.35. The van der Waals surface area contributed by atoms with E-state index in [2.05, 4.69) is 5.32 Å². The Bertz CT molecular complexity index is 403. The van der Waals surface area contributed by atoms with Crippen molar-refractivity contribution < 1.29 is 34.8 Å². The third kappa shape index (κ3) is 14.5. The van der Waals surface area contributed by atoms with Gasteiger partial charge in [-0.1, -0.05) is 6.42 Å². The number of aliphatic hydroxyl groups excluding tert-OH is 1. The van der Waals surface area contributed by atoms with Crippen LogP contribution < -0.4 is 22.5 Å². The summed E-state index contributed by atoms with van der Waals surface area (Å²) in [4.78, 5) is 30.1. The molecule has 1 saturated heterocycles. The minimum absolute atomic E-state index is 0.269. The third-order valence-electron chi connectivity index (χ3n) is 3.45. The lowest BCUT2D eigenvalue weighted by Crippen LogP contribution is -2.39. The van der Waals surface area contributed by atoms with Crippen LogP contribution in [0.3, 0.4) is 0 Å². The summed E-state index contributed by atoms with van der Waals surface area (Å²) < 4.78 is 0. The molecule has 1 fully saturated rings. The highest BCUT2D eigenvalue weighted by Gasteiger charge is 2.20. The molecule has 0 spiro atoms. The molecule has 11 heteroatoms. The lowest BCUT2D eigenvalue weighted by atomic mass is 10.1. The maximum Gasteiger partial charge on any atom is 0.323 e. The molecule has 0 unspecified atom stereocenters. The van der Waals surface area contributed by atoms with E-state index in [1.165, 1.54) is 6.92 Å². The first-order valence-electron chi connectivity index (χ1n) is 8.35. The van der Waals surface area contributed by atoms with Gasteiger partial charge in [0.25, 0.3) is 0 Å². The van der Waals surface area contributed by atoms with Crippen LogP contribution in [-0.4, -0.2) is 75.7 Å². The molecule has 154 valence electrons. The van der Waals surface area contributed by atoms with E-state index in [0.717, 1.165) is 32.2 Å². The fraction of sp³-hybridized carbons (Fsp3) is 0.800. The monoisotopic (exact) mass is 380 g/mol. The van der Waals surface area contributed by atoms with Crippen LogP contribution >= 0.6 is 0 Å². The second-order valence-electron chi connectivity index (χ2n) is 5.82. The van der Waals surface area contributed by atoms with Gasteiger partial charge in [0.2, 0.25) is 0 Å². The van der Waals surface area contributed by atoms with Crippen LogP contribution in [0.5, 0.6) is 0 Å². The molecule has 11 nitrogen and oxygen atoms in total. The van der Waals surface area contributed by atoms with Crippen LogP contribution in [0.1, 0.15) is 39.0 Å². The van der Waals surface area contributed by atoms with Crippen LogP contribution in [0, 0.1) is 0 Å². The number of nitrogens with one attached hydrogen (secondary N) is 1. The first-order chi connectivity index (χ1) is 12.0. The van der Waals surface area contributed by atoms with Crippen molar-refractivity contribution in [1.82, 2.24) is 5.32 Å². The molecule has 0 aliphatic carbocycles. The SMILES string of the molecule is C[C@@H](O)[C@H](N)C(=O)O.NCCCC[C@H](N)C(=O)O.O=C(O)[C@@H]1CCCN1. The summed E-state index contributed by atoms with van der Waals surface area (Å²) in [6.07, 6.45) is 2.97. The van der Waals surface area contributed by atoms with Gasteiger partial charge in [0.1, 0.15) is 18.1 Å². The number of rotatable bonds is 8. The van der Waals surface area contributed by atoms with Crippen molar-refractivity contribution in [3.63, 3.8) is 0 Å². The molecule has 0 amide bonds. The van der Waals surface area contributed by atoms with Gasteiger partial charge in [-0.15, -0.1) is 0 Å². The van der Waals surface area contributed by atoms with Crippen molar-refractivity contribution >= 4 is 17.9 Å². The summed E-state index contributed by atoms with van der Waals surface area (Å²) in [7, 11) is 0. The normalized spacial score (nSPS) is 19.0. The summed E-state index contributed by atoms with van der Waals surface area (Å²) >= 11 is 0. The van der Waals surface area contributed by atoms with Gasteiger partial charge in [-0.05, 0) is 45.7 Å². The number of hydrogen-bond donors (Lipinski definition) is 8. The number of aliphatic carboxylic acids is 3. The molecule has 0 aromatic heterocycles. The Morgan fingerprint density at radius 2 is 1.69 bits per heavy atom. The van der Waals surface area contributed by atoms with Crippen molar-refractivity contribution in [2.75, 3.05) is 13.1 Å². The van der Waals surface area contributed by atoms with Gasteiger partial charge in [-0.3, -0.25) is 14.4 Å². The number of aliphatic hydroxyl groups is 1. The van der Waals surface area contributed by atoms with E-state index in [4.69, 9.17) is 37.6 Å². The smallest absolute Gasteiger partial charge is 0.323 e. The molecule has 1 rings (SSSR count). The minimum atomic E-state index is -1.18. The fourth-order valence-electron chi connectivity index (χ4n) is 1.73. The van der Waals surface area contributed by atoms with Crippen molar-refractivity contribution in [3.8, 4) is 0 Å². The van der Waals surface area contributed by atoms with Crippen LogP contribution in [0.4, 0.5) is 0 Å². The predicted octanol–water partition coefficient (Wildman–Crippen LogP) is -1.87. The highest BCUT2D eigenvalue weighted by Crippen LogP contribution is 2.03. The van der Waals surface area contributed by atoms with Gasteiger partial charge in [-0.25, -0.2) is 0 Å². The van der Waals surface area contributed by atoms with E-state index >= 15 is 0 Å². The molecule has 0 radical (unpaired) electrons. The Labute approximate surface area is 152 Å². The summed E-state index contributed by atoms with van der Waals surface area (Å²) in [5.41, 5.74) is 15.3. The Hall–Kier alpha value is -1.79. The topological polar surface area (TPSA) is 222 Å². The van der Waals surface area contributed by atoms with Crippen LogP contribution in [0.15, 0.2) is 0 Å². The van der Waals surface area contributed by atoms with Crippen LogP contribution in [0.2, 0.25) is 0 Å². The Kier molecular flexibility index (Phi) is 15.7. The second-order valence-corrected chi connectivity index (χ2v) is 5.82. The van der Waals surface area contributed by atoms with Crippen molar-refractivity contribution in [2.24, 2.45) is 17.2 Å². The van der Waals surface area contributed by atoms with Gasteiger partial charge in [-0.2, -0.15) is 0 Å². The zero-order chi connectivity index (χ0) is 20.7. The second kappa shape index (κ2) is 15.5. The van der Waals surface area contributed by atoms with Crippen molar-refractivity contribution in [1.29, 1.82) is 0 Å². The molecule has 11 N–H and O–H groups in total. The van der Waals surface area contributed by atoms with E-state index in [9.17, 15) is 14.4 Å². The lowest BCUT2D eigenvalue weighted by Gasteiger charge is -2.06. The van der Waals surface area contributed by atoms with Gasteiger partial charge < -0.3 is 42.9 Å². The Morgan fingerprint density at radius 1 is 1.12 bits per heavy atom. The number of carboxylic acid groups (broad SMARTS) is 3. The average molecular weight is 380 g/mol. The quantitative estimate of drug-likeness (QED) is 0.218. The molecule has 1 aliphatic heterocycles. The van der Waals surface area contributed by atoms with Gasteiger partial charge >= 0.3 is 17.9 Å². The average Bonchev–Trinajstić information content (AvgIpc) is 3.10. The lowest BCUT2D eigenvalue weighted by molar-refractivity contribution is -0.141. The Morgan fingerprint density at radius 3 is 1.92 bits per heavy atom.